The molecule has 0 amide bonds. The van der Waals surface area contributed by atoms with Gasteiger partial charge >= 0.3 is 33.3 Å². The summed E-state index contributed by atoms with van der Waals surface area (Å²) in [5.41, 5.74) is 0. The molecule has 0 aromatic heterocycles. The summed E-state index contributed by atoms with van der Waals surface area (Å²) in [5.74, 6) is -4.84. The van der Waals surface area contributed by atoms with Crippen molar-refractivity contribution >= 4 is 28.0 Å². The number of hydrogen-bond acceptors (Lipinski definition) is 8. The number of carbonyl (C=O) groups excluding carboxylic acids is 3. The van der Waals surface area contributed by atoms with Gasteiger partial charge in [0.05, 0.1) is 6.61 Å². The van der Waals surface area contributed by atoms with Gasteiger partial charge in [-0.25, -0.2) is 14.4 Å². The van der Waals surface area contributed by atoms with Crippen molar-refractivity contribution in [2.75, 3.05) is 13.2 Å². The fourth-order valence-electron chi connectivity index (χ4n) is 1.09. The summed E-state index contributed by atoms with van der Waals surface area (Å²) in [4.78, 5) is 32.7. The lowest BCUT2D eigenvalue weighted by molar-refractivity contribution is -0.173. The molecule has 1 fully saturated rings. The molecular weight excluding hydrogens is 310 g/mol. The average Bonchev–Trinajstić information content (AvgIpc) is 2.70. The van der Waals surface area contributed by atoms with Crippen LogP contribution in [0.3, 0.4) is 0 Å². The molecule has 0 aliphatic carbocycles. The number of carbonyl (C=O) groups is 3. The topological polar surface area (TPSA) is 133 Å². The highest BCUT2D eigenvalue weighted by atomic mass is 32.2. The molecule has 20 heavy (non-hydrogen) atoms. The van der Waals surface area contributed by atoms with Crippen LogP contribution in [0.1, 0.15) is 6.42 Å². The lowest BCUT2D eigenvalue weighted by atomic mass is 10.3. The zero-order chi connectivity index (χ0) is 15.6. The molecule has 114 valence electrons. The molecule has 1 unspecified atom stereocenters. The molecule has 1 aliphatic heterocycles. The smallest absolute Gasteiger partial charge is 0.463 e. The Morgan fingerprint density at radius 1 is 1.45 bits per heavy atom. The van der Waals surface area contributed by atoms with Gasteiger partial charge in [0, 0.05) is 6.42 Å². The number of cyclic esters (lactones) is 1. The lowest BCUT2D eigenvalue weighted by Gasteiger charge is -2.12. The van der Waals surface area contributed by atoms with Crippen LogP contribution in [0.2, 0.25) is 0 Å². The maximum absolute atomic E-state index is 12.7. The summed E-state index contributed by atoms with van der Waals surface area (Å²) in [6.45, 7) is -1.34. The summed E-state index contributed by atoms with van der Waals surface area (Å²) in [7, 11) is -6.01. The average molecular weight is 318 g/mol. The summed E-state index contributed by atoms with van der Waals surface area (Å²) in [6.07, 6.45) is -1.18. The molecule has 9 nitrogen and oxygen atoms in total. The van der Waals surface area contributed by atoms with E-state index < -0.39 is 46.0 Å². The number of hydrogen-bond donors (Lipinski definition) is 1. The Hall–Kier alpha value is -1.82. The third-order valence-corrected chi connectivity index (χ3v) is 2.86. The first-order valence-electron chi connectivity index (χ1n) is 4.94. The van der Waals surface area contributed by atoms with Crippen LogP contribution in [0.5, 0.6) is 0 Å². The molecule has 1 N–H and O–H groups in total. The van der Waals surface area contributed by atoms with Crippen LogP contribution >= 0.6 is 0 Å². The minimum absolute atomic E-state index is 0.0113. The Balaban J connectivity index is 2.49. The van der Waals surface area contributed by atoms with Gasteiger partial charge in [0.1, 0.15) is 0 Å². The van der Waals surface area contributed by atoms with Crippen molar-refractivity contribution in [2.45, 2.75) is 17.8 Å². The van der Waals surface area contributed by atoms with Gasteiger partial charge in [-0.2, -0.15) is 17.2 Å². The van der Waals surface area contributed by atoms with Crippen molar-refractivity contribution in [2.24, 2.45) is 0 Å². The molecule has 1 aliphatic rings. The Labute approximate surface area is 110 Å². The molecule has 1 saturated heterocycles. The minimum atomic E-state index is -6.01. The maximum Gasteiger partial charge on any atom is 0.465 e. The standard InChI is InChI=1S/C8H8F2O9S/c9-8(10,20(14,15)16)7(13)18-3-5(11)19-4-1-2-17-6(4)12/h4H,1-3H2,(H,14,15,16). The van der Waals surface area contributed by atoms with Gasteiger partial charge < -0.3 is 14.2 Å². The van der Waals surface area contributed by atoms with Gasteiger partial charge in [-0.3, -0.25) is 4.55 Å². The van der Waals surface area contributed by atoms with E-state index >= 15 is 0 Å². The number of esters is 3. The van der Waals surface area contributed by atoms with Crippen molar-refractivity contribution in [1.82, 2.24) is 0 Å². The van der Waals surface area contributed by atoms with Gasteiger partial charge in [-0.05, 0) is 0 Å². The summed E-state index contributed by atoms with van der Waals surface area (Å²) in [5, 5.41) is -5.21. The molecule has 0 spiro atoms. The van der Waals surface area contributed by atoms with Crippen LogP contribution < -0.4 is 0 Å². The van der Waals surface area contributed by atoms with E-state index in [-0.39, 0.29) is 13.0 Å². The zero-order valence-corrected chi connectivity index (χ0v) is 10.4. The van der Waals surface area contributed by atoms with Crippen LogP contribution in [0, 0.1) is 0 Å². The van der Waals surface area contributed by atoms with Crippen molar-refractivity contribution in [3.05, 3.63) is 0 Å². The van der Waals surface area contributed by atoms with Gasteiger partial charge in [-0.15, -0.1) is 0 Å². The minimum Gasteiger partial charge on any atom is -0.463 e. The Bertz CT molecular complexity index is 526. The molecule has 0 radical (unpaired) electrons. The van der Waals surface area contributed by atoms with Crippen LogP contribution in [0.15, 0.2) is 0 Å². The lowest BCUT2D eigenvalue weighted by Crippen LogP contribution is -2.40. The molecule has 0 bridgehead atoms. The predicted octanol–water partition coefficient (Wildman–Crippen LogP) is -1.13. The Morgan fingerprint density at radius 3 is 2.50 bits per heavy atom. The van der Waals surface area contributed by atoms with Crippen molar-refractivity contribution in [3.8, 4) is 0 Å². The zero-order valence-electron chi connectivity index (χ0n) is 9.58. The fourth-order valence-corrected chi connectivity index (χ4v) is 1.36. The molecule has 0 saturated carbocycles. The third-order valence-electron chi connectivity index (χ3n) is 2.04. The maximum atomic E-state index is 12.7. The highest BCUT2D eigenvalue weighted by Gasteiger charge is 2.54. The molecule has 0 aromatic carbocycles. The first-order valence-corrected chi connectivity index (χ1v) is 6.38. The second-order valence-electron chi connectivity index (χ2n) is 3.50. The molecule has 1 atom stereocenters. The number of alkyl halides is 2. The van der Waals surface area contributed by atoms with Crippen molar-refractivity contribution in [1.29, 1.82) is 0 Å². The van der Waals surface area contributed by atoms with E-state index in [1.807, 2.05) is 0 Å². The van der Waals surface area contributed by atoms with Gasteiger partial charge in [0.15, 0.2) is 6.61 Å². The monoisotopic (exact) mass is 318 g/mol. The largest absolute Gasteiger partial charge is 0.465 e. The predicted molar refractivity (Wildman–Crippen MR) is 52.9 cm³/mol. The van der Waals surface area contributed by atoms with E-state index in [4.69, 9.17) is 4.55 Å². The molecule has 12 heteroatoms. The molecular formula is C8H8F2O9S. The van der Waals surface area contributed by atoms with E-state index in [0.29, 0.717) is 0 Å². The van der Waals surface area contributed by atoms with E-state index in [2.05, 4.69) is 14.2 Å². The second-order valence-corrected chi connectivity index (χ2v) is 4.97. The summed E-state index contributed by atoms with van der Waals surface area (Å²) < 4.78 is 66.4. The number of ether oxygens (including phenoxy) is 3. The van der Waals surface area contributed by atoms with Gasteiger partial charge in [-0.1, -0.05) is 0 Å². The van der Waals surface area contributed by atoms with Crippen LogP contribution in [0.25, 0.3) is 0 Å². The second kappa shape index (κ2) is 5.66. The van der Waals surface area contributed by atoms with E-state index in [1.54, 1.807) is 0 Å². The van der Waals surface area contributed by atoms with E-state index in [9.17, 15) is 31.6 Å². The first-order chi connectivity index (χ1) is 9.05. The number of halogens is 2. The van der Waals surface area contributed by atoms with Gasteiger partial charge in [0.2, 0.25) is 6.10 Å². The fraction of sp³-hybridized carbons (Fsp3) is 0.625. The third kappa shape index (κ3) is 3.60. The SMILES string of the molecule is O=C(COC(=O)C(F)(F)S(=O)(=O)O)OC1CCOC1=O. The van der Waals surface area contributed by atoms with E-state index in [1.165, 1.54) is 0 Å². The summed E-state index contributed by atoms with van der Waals surface area (Å²) in [6, 6.07) is 0. The Kier molecular flexibility index (Phi) is 4.60. The number of rotatable bonds is 5. The van der Waals surface area contributed by atoms with Gasteiger partial charge in [0.25, 0.3) is 0 Å². The molecule has 1 heterocycles. The van der Waals surface area contributed by atoms with Crippen molar-refractivity contribution in [3.63, 3.8) is 0 Å². The van der Waals surface area contributed by atoms with Crippen molar-refractivity contribution < 1.29 is 50.3 Å². The first kappa shape index (κ1) is 16.2. The van der Waals surface area contributed by atoms with Crippen LogP contribution in [-0.4, -0.2) is 55.5 Å². The Morgan fingerprint density at radius 2 is 2.05 bits per heavy atom. The molecule has 1 rings (SSSR count). The molecule has 0 aromatic rings. The normalized spacial score (nSPS) is 19.4. The summed E-state index contributed by atoms with van der Waals surface area (Å²) >= 11 is 0. The van der Waals surface area contributed by atoms with E-state index in [0.717, 1.165) is 0 Å². The highest BCUT2D eigenvalue weighted by Crippen LogP contribution is 2.22. The quantitative estimate of drug-likeness (QED) is 0.379. The van der Waals surface area contributed by atoms with Crippen LogP contribution in [-0.2, 0) is 38.7 Å². The van der Waals surface area contributed by atoms with Crippen LogP contribution in [0.4, 0.5) is 8.78 Å². The highest BCUT2D eigenvalue weighted by molar-refractivity contribution is 7.87.